The maximum Gasteiger partial charge on any atom is 0.0602 e. The van der Waals surface area contributed by atoms with Gasteiger partial charge in [0.1, 0.15) is 0 Å². The highest BCUT2D eigenvalue weighted by Crippen LogP contribution is 2.38. The molecule has 2 atom stereocenters. The number of halogens is 1. The van der Waals surface area contributed by atoms with E-state index in [2.05, 4.69) is 46.4 Å². The zero-order valence-electron chi connectivity index (χ0n) is 4.76. The van der Waals surface area contributed by atoms with Gasteiger partial charge in [0, 0.05) is 16.3 Å². The summed E-state index contributed by atoms with van der Waals surface area (Å²) in [5.41, 5.74) is 0. The molecule has 1 aliphatic heterocycles. The largest absolute Gasteiger partial charge is 0.146 e. The average Bonchev–Trinajstić information content (AvgIpc) is 2.14. The highest BCUT2D eigenvalue weighted by molar-refractivity contribution is 9.09. The molecule has 0 bridgehead atoms. The zero-order chi connectivity index (χ0) is 5.98. The van der Waals surface area contributed by atoms with Crippen LogP contribution < -0.4 is 0 Å². The van der Waals surface area contributed by atoms with Gasteiger partial charge in [0.2, 0.25) is 0 Å². The molecule has 0 aromatic carbocycles. The van der Waals surface area contributed by atoms with Crippen LogP contribution in [-0.4, -0.2) is 20.9 Å². The molecule has 1 saturated heterocycles. The Morgan fingerprint density at radius 1 is 1.50 bits per heavy atom. The van der Waals surface area contributed by atoms with Crippen molar-refractivity contribution in [3.63, 3.8) is 0 Å². The maximum absolute atomic E-state index is 3.46. The molecule has 10 heavy (non-hydrogen) atoms. The summed E-state index contributed by atoms with van der Waals surface area (Å²) in [5, 5.41) is 2.02. The van der Waals surface area contributed by atoms with Crippen LogP contribution in [0.2, 0.25) is 0 Å². The molecule has 0 saturated carbocycles. The van der Waals surface area contributed by atoms with E-state index in [9.17, 15) is 0 Å². The molecule has 1 fully saturated rings. The lowest BCUT2D eigenvalue weighted by Crippen LogP contribution is -1.92. The van der Waals surface area contributed by atoms with Crippen LogP contribution in [0, 0.1) is 0 Å². The minimum absolute atomic E-state index is 0. The topological polar surface area (TPSA) is 0 Å². The molecule has 0 N–H and O–H groups in total. The van der Waals surface area contributed by atoms with Gasteiger partial charge in [-0.05, 0) is 0 Å². The van der Waals surface area contributed by atoms with Gasteiger partial charge in [0.15, 0.2) is 0 Å². The number of hydrogen-bond acceptors (Lipinski definition) is 2. The zero-order valence-corrected chi connectivity index (χ0v) is 7.98. The van der Waals surface area contributed by atoms with Crippen molar-refractivity contribution < 1.29 is 0 Å². The molecule has 3 heteroatoms. The Morgan fingerprint density at radius 2 is 2.10 bits per heavy atom. The minimum Gasteiger partial charge on any atom is -0.146 e. The lowest BCUT2D eigenvalue weighted by atomic mass is 10.6. The monoisotopic (exact) mass is 244 g/mol. The Hall–Kier alpha value is 1.18. The second kappa shape index (κ2) is 6.86. The molecule has 0 spiro atoms. The van der Waals surface area contributed by atoms with Gasteiger partial charge in [-0.25, -0.2) is 0 Å². The molecule has 1 rings (SSSR count). The van der Waals surface area contributed by atoms with Crippen LogP contribution in [0.15, 0.2) is 0 Å². The first-order valence-electron chi connectivity index (χ1n) is 2.66. The molecule has 0 nitrogen and oxygen atoms in total. The first kappa shape index (κ1) is 13.7. The Bertz CT molecular complexity index is 78.0. The second-order valence-electron chi connectivity index (χ2n) is 1.86. The number of hydrogen-bond donors (Lipinski definition) is 0. The van der Waals surface area contributed by atoms with Crippen molar-refractivity contribution in [3.8, 4) is 0 Å². The van der Waals surface area contributed by atoms with Crippen molar-refractivity contribution in [2.24, 2.45) is 0 Å². The third-order valence-corrected chi connectivity index (χ3v) is 5.82. The van der Waals surface area contributed by atoms with E-state index in [4.69, 9.17) is 0 Å². The molecule has 1 aliphatic rings. The lowest BCUT2D eigenvalue weighted by molar-refractivity contribution is 1.15. The van der Waals surface area contributed by atoms with E-state index >= 15 is 0 Å². The molecule has 1 heterocycles. The van der Waals surface area contributed by atoms with Crippen molar-refractivity contribution in [1.29, 1.82) is 0 Å². The van der Waals surface area contributed by atoms with Crippen molar-refractivity contribution in [3.05, 3.63) is 0 Å². The van der Waals surface area contributed by atoms with Crippen LogP contribution in [0.1, 0.15) is 21.8 Å². The number of alkyl halides is 1. The summed E-state index contributed by atoms with van der Waals surface area (Å²) in [4.78, 5) is 0. The molecule has 2 unspecified atom stereocenters. The number of thioether (sulfide) groups is 2. The number of rotatable bonds is 1. The fraction of sp³-hybridized carbons (Fsp3) is 1.00. The van der Waals surface area contributed by atoms with E-state index in [-0.39, 0.29) is 14.9 Å². The lowest BCUT2D eigenvalue weighted by Gasteiger charge is -1.99. The van der Waals surface area contributed by atoms with Gasteiger partial charge < -0.3 is 0 Å². The average molecular weight is 245 g/mol. The maximum atomic E-state index is 3.46. The van der Waals surface area contributed by atoms with Gasteiger partial charge >= 0.3 is 0 Å². The van der Waals surface area contributed by atoms with Gasteiger partial charge in [-0.3, -0.25) is 0 Å². The Labute approximate surface area is 82.0 Å². The third kappa shape index (κ3) is 4.14. The van der Waals surface area contributed by atoms with Gasteiger partial charge in [-0.2, -0.15) is 0 Å². The van der Waals surface area contributed by atoms with E-state index in [1.54, 1.807) is 0 Å². The normalized spacial score (nSPS) is 30.6. The predicted molar refractivity (Wildman–Crippen MR) is 60.6 cm³/mol. The summed E-state index contributed by atoms with van der Waals surface area (Å²) >= 11 is 7.61. The smallest absolute Gasteiger partial charge is 0.0602 e. The Balaban J connectivity index is 0. The molecule has 0 aliphatic carbocycles. The van der Waals surface area contributed by atoms with Crippen molar-refractivity contribution in [2.45, 2.75) is 31.6 Å². The summed E-state index contributed by atoms with van der Waals surface area (Å²) in [6.45, 7) is 2.29. The van der Waals surface area contributed by atoms with Gasteiger partial charge in [-0.1, -0.05) is 37.7 Å². The van der Waals surface area contributed by atoms with Gasteiger partial charge in [0.25, 0.3) is 0 Å². The molecule has 0 aromatic rings. The van der Waals surface area contributed by atoms with E-state index < -0.39 is 0 Å². The minimum atomic E-state index is 0. The molecule has 0 amide bonds. The van der Waals surface area contributed by atoms with E-state index in [0.29, 0.717) is 0 Å². The molecular weight excluding hydrogens is 228 g/mol. The van der Waals surface area contributed by atoms with Crippen molar-refractivity contribution >= 4 is 39.5 Å². The van der Waals surface area contributed by atoms with E-state index in [1.807, 2.05) is 0 Å². The first-order chi connectivity index (χ1) is 3.83. The van der Waals surface area contributed by atoms with E-state index in [0.717, 1.165) is 15.2 Å². The summed E-state index contributed by atoms with van der Waals surface area (Å²) in [7, 11) is 0. The van der Waals surface area contributed by atoms with Crippen molar-refractivity contribution in [1.82, 2.24) is 0 Å². The molecular formula is C7H17BrS2. The van der Waals surface area contributed by atoms with E-state index in [1.165, 1.54) is 5.75 Å². The fourth-order valence-electron chi connectivity index (χ4n) is 0.661. The Kier molecular flexibility index (Phi) is 9.44. The molecule has 0 radical (unpaired) electrons. The molecule has 64 valence electrons. The van der Waals surface area contributed by atoms with Crippen LogP contribution in [0.3, 0.4) is 0 Å². The third-order valence-electron chi connectivity index (χ3n) is 1.03. The molecule has 0 aromatic heterocycles. The van der Waals surface area contributed by atoms with Crippen LogP contribution in [0.4, 0.5) is 0 Å². The van der Waals surface area contributed by atoms with Crippen LogP contribution in [0.5, 0.6) is 0 Å². The van der Waals surface area contributed by atoms with Crippen LogP contribution in [0.25, 0.3) is 0 Å². The highest BCUT2D eigenvalue weighted by atomic mass is 79.9. The summed E-state index contributed by atoms with van der Waals surface area (Å²) in [6, 6.07) is 0. The fourth-order valence-corrected chi connectivity index (χ4v) is 4.51. The summed E-state index contributed by atoms with van der Waals surface area (Å²) in [6.07, 6.45) is 0. The Morgan fingerprint density at radius 3 is 2.30 bits per heavy atom. The highest BCUT2D eigenvalue weighted by Gasteiger charge is 2.20. The summed E-state index contributed by atoms with van der Waals surface area (Å²) in [5.74, 6) is 1.33. The van der Waals surface area contributed by atoms with Crippen LogP contribution in [-0.2, 0) is 0 Å². The summed E-state index contributed by atoms with van der Waals surface area (Å²) < 4.78 is 0.824. The van der Waals surface area contributed by atoms with Crippen LogP contribution >= 0.6 is 39.5 Å². The predicted octanol–water partition coefficient (Wildman–Crippen LogP) is 3.85. The van der Waals surface area contributed by atoms with Crippen molar-refractivity contribution in [2.75, 3.05) is 11.1 Å². The quantitative estimate of drug-likeness (QED) is 0.643. The SMILES string of the molecule is C.C.CC1CSC(CBr)S1. The standard InChI is InChI=1S/C5H9BrS2.2CH4/c1-4-3-7-5(2-6)8-4;;/h4-5H,2-3H2,1H3;2*1H4. The second-order valence-corrected chi connectivity index (χ2v) is 5.69. The first-order valence-corrected chi connectivity index (χ1v) is 5.77. The van der Waals surface area contributed by atoms with Gasteiger partial charge in [-0.15, -0.1) is 23.5 Å². The van der Waals surface area contributed by atoms with Gasteiger partial charge in [0.05, 0.1) is 4.58 Å².